The zero-order chi connectivity index (χ0) is 11.6. The second-order valence-electron chi connectivity index (χ2n) is 3.64. The fraction of sp³-hybridized carbons (Fsp3) is 0.154. The van der Waals surface area contributed by atoms with E-state index < -0.39 is 5.41 Å². The van der Waals surface area contributed by atoms with Crippen LogP contribution in [0.4, 0.5) is 0 Å². The first-order valence-electron chi connectivity index (χ1n) is 4.90. The summed E-state index contributed by atoms with van der Waals surface area (Å²) in [4.78, 5) is 12.2. The van der Waals surface area contributed by atoms with E-state index in [1.54, 1.807) is 30.3 Å². The van der Waals surface area contributed by atoms with Gasteiger partial charge in [0.2, 0.25) is 11.2 Å². The maximum atomic E-state index is 12.2. The van der Waals surface area contributed by atoms with E-state index in [-0.39, 0.29) is 12.2 Å². The summed E-state index contributed by atoms with van der Waals surface area (Å²) >= 11 is 0. The Morgan fingerprint density at radius 2 is 2.25 bits per heavy atom. The standard InChI is InChI=1S/C13H10NO2/c1-2-7-13(8-14)9-16-11-6-4-3-5-10(11)12(13)15/h2-6,9H,1,7H2/q+1. The Morgan fingerprint density at radius 1 is 1.50 bits per heavy atom. The number of ketones is 1. The van der Waals surface area contributed by atoms with Crippen LogP contribution in [0, 0.1) is 16.7 Å². The molecule has 1 aromatic carbocycles. The molecule has 1 unspecified atom stereocenters. The van der Waals surface area contributed by atoms with E-state index in [1.807, 2.05) is 6.07 Å². The molecule has 0 aromatic heterocycles. The first-order chi connectivity index (χ1) is 7.73. The predicted molar refractivity (Wildman–Crippen MR) is 59.1 cm³/mol. The maximum absolute atomic E-state index is 12.2. The molecule has 0 fully saturated rings. The molecule has 3 nitrogen and oxygen atoms in total. The summed E-state index contributed by atoms with van der Waals surface area (Å²) in [5, 5.41) is 9.14. The quantitative estimate of drug-likeness (QED) is 0.327. The molecule has 0 radical (unpaired) electrons. The van der Waals surface area contributed by atoms with Gasteiger partial charge in [0.05, 0.1) is 6.07 Å². The molecule has 78 valence electrons. The third-order valence-corrected chi connectivity index (χ3v) is 2.59. The minimum Gasteiger partial charge on any atom is -0.291 e. The molecule has 0 bridgehead atoms. The Hall–Kier alpha value is -2.21. The number of hydrogen-bond acceptors (Lipinski definition) is 2. The molecule has 1 aliphatic rings. The topological polar surface area (TPSA) is 52.2 Å². The molecule has 1 aromatic rings. The summed E-state index contributed by atoms with van der Waals surface area (Å²) in [6, 6.07) is 8.92. The number of hydrogen-bond donors (Lipinski definition) is 0. The second-order valence-corrected chi connectivity index (χ2v) is 3.64. The Labute approximate surface area is 93.3 Å². The summed E-state index contributed by atoms with van der Waals surface area (Å²) in [6.45, 7) is 3.56. The molecule has 1 aliphatic heterocycles. The van der Waals surface area contributed by atoms with Crippen molar-refractivity contribution >= 4 is 12.1 Å². The van der Waals surface area contributed by atoms with Gasteiger partial charge in [-0.2, -0.15) is 5.26 Å². The van der Waals surface area contributed by atoms with E-state index in [0.717, 1.165) is 0 Å². The van der Waals surface area contributed by atoms with Crippen LogP contribution in [0.25, 0.3) is 0 Å². The normalized spacial score (nSPS) is 22.3. The summed E-state index contributed by atoms with van der Waals surface area (Å²) in [5.74, 6) is 0.277. The molecule has 1 atom stereocenters. The van der Waals surface area contributed by atoms with Crippen LogP contribution in [0.1, 0.15) is 16.8 Å². The number of aldehydes is 1. The number of carbonyl (C=O) groups is 1. The Bertz CT molecular complexity index is 525. The van der Waals surface area contributed by atoms with E-state index in [0.29, 0.717) is 11.3 Å². The molecule has 0 N–H and O–H groups in total. The van der Waals surface area contributed by atoms with Crippen LogP contribution in [0.2, 0.25) is 0 Å². The van der Waals surface area contributed by atoms with E-state index in [1.165, 1.54) is 6.29 Å². The first kappa shape index (κ1) is 10.3. The van der Waals surface area contributed by atoms with Gasteiger partial charge >= 0.3 is 12.0 Å². The number of allylic oxidation sites excluding steroid dienone is 1. The average Bonchev–Trinajstić information content (AvgIpc) is 2.33. The van der Waals surface area contributed by atoms with Crippen molar-refractivity contribution in [1.29, 1.82) is 5.26 Å². The number of nitriles is 1. The third kappa shape index (κ3) is 1.36. The van der Waals surface area contributed by atoms with Gasteiger partial charge < -0.3 is 0 Å². The third-order valence-electron chi connectivity index (χ3n) is 2.59. The minimum atomic E-state index is -1.23. The Morgan fingerprint density at radius 3 is 2.94 bits per heavy atom. The van der Waals surface area contributed by atoms with E-state index in [9.17, 15) is 4.79 Å². The number of benzene rings is 1. The number of fused-ring (bicyclic) bond motifs is 1. The molecule has 16 heavy (non-hydrogen) atoms. The predicted octanol–water partition coefficient (Wildman–Crippen LogP) is 2.42. The molecule has 0 saturated carbocycles. The number of carbonyl (C=O) groups excluding carboxylic acids is 2. The molecule has 0 saturated heterocycles. The molecule has 0 aliphatic carbocycles. The van der Waals surface area contributed by atoms with Gasteiger partial charge in [0.15, 0.2) is 0 Å². The largest absolute Gasteiger partial charge is 0.362 e. The number of nitrogens with zero attached hydrogens (tertiary/aromatic N) is 1. The molecule has 0 spiro atoms. The van der Waals surface area contributed by atoms with Gasteiger partial charge in [-0.3, -0.25) is 4.79 Å². The lowest BCUT2D eigenvalue weighted by Crippen LogP contribution is -2.33. The number of rotatable bonds is 2. The van der Waals surface area contributed by atoms with Gasteiger partial charge in [-0.15, -0.1) is 6.58 Å². The molecule has 2 rings (SSSR count). The van der Waals surface area contributed by atoms with Crippen LogP contribution in [-0.2, 0) is 4.42 Å². The van der Waals surface area contributed by atoms with Crippen molar-refractivity contribution < 1.29 is 9.22 Å². The lowest BCUT2D eigenvalue weighted by Gasteiger charge is -2.15. The SMILES string of the molecule is C=CCC1(C#N)C=[O+]c2ccccc2C1=O. The van der Waals surface area contributed by atoms with Gasteiger partial charge in [-0.25, -0.2) is 4.42 Å². The van der Waals surface area contributed by atoms with Crippen LogP contribution in [0.5, 0.6) is 5.75 Å². The molecular weight excluding hydrogens is 202 g/mol. The van der Waals surface area contributed by atoms with E-state index >= 15 is 0 Å². The first-order valence-corrected chi connectivity index (χ1v) is 4.90. The van der Waals surface area contributed by atoms with Crippen LogP contribution in [-0.4, -0.2) is 12.1 Å². The number of para-hydroxylation sites is 1. The van der Waals surface area contributed by atoms with Gasteiger partial charge in [0, 0.05) is 12.5 Å². The van der Waals surface area contributed by atoms with Crippen molar-refractivity contribution in [2.24, 2.45) is 5.41 Å². The number of Topliss-reactive ketones (excluding diaryl/α,β-unsaturated/α-hetero) is 1. The van der Waals surface area contributed by atoms with Gasteiger partial charge in [-0.05, 0) is 6.07 Å². The molecule has 1 heterocycles. The van der Waals surface area contributed by atoms with E-state index in [2.05, 4.69) is 6.58 Å². The van der Waals surface area contributed by atoms with Crippen molar-refractivity contribution in [3.05, 3.63) is 42.5 Å². The van der Waals surface area contributed by atoms with Crippen LogP contribution >= 0.6 is 0 Å². The zero-order valence-electron chi connectivity index (χ0n) is 8.64. The fourth-order valence-corrected chi connectivity index (χ4v) is 1.71. The summed E-state index contributed by atoms with van der Waals surface area (Å²) in [7, 11) is 0. The second kappa shape index (κ2) is 3.74. The maximum Gasteiger partial charge on any atom is 0.362 e. The van der Waals surface area contributed by atoms with Gasteiger partial charge in [0.1, 0.15) is 5.56 Å². The molecule has 0 amide bonds. The van der Waals surface area contributed by atoms with Gasteiger partial charge in [0.25, 0.3) is 0 Å². The minimum absolute atomic E-state index is 0.225. The fourth-order valence-electron chi connectivity index (χ4n) is 1.71. The van der Waals surface area contributed by atoms with Gasteiger partial charge in [-0.1, -0.05) is 18.2 Å². The van der Waals surface area contributed by atoms with E-state index in [4.69, 9.17) is 9.69 Å². The van der Waals surface area contributed by atoms with Crippen LogP contribution in [0.3, 0.4) is 0 Å². The smallest absolute Gasteiger partial charge is 0.291 e. The van der Waals surface area contributed by atoms with Crippen molar-refractivity contribution in [1.82, 2.24) is 0 Å². The molecule has 3 heteroatoms. The summed E-state index contributed by atoms with van der Waals surface area (Å²) in [5.41, 5.74) is -0.774. The Balaban J connectivity index is 2.57. The summed E-state index contributed by atoms with van der Waals surface area (Å²) < 4.78 is 5.34. The lowest BCUT2D eigenvalue weighted by molar-refractivity contribution is -0.365. The highest BCUT2D eigenvalue weighted by atomic mass is 16.4. The van der Waals surface area contributed by atoms with Crippen LogP contribution in [0.15, 0.2) is 36.9 Å². The van der Waals surface area contributed by atoms with Crippen molar-refractivity contribution in [3.8, 4) is 11.8 Å². The highest BCUT2D eigenvalue weighted by Gasteiger charge is 2.47. The lowest BCUT2D eigenvalue weighted by atomic mass is 9.79. The highest BCUT2D eigenvalue weighted by molar-refractivity contribution is 6.14. The molecular formula is C13H10NO2+. The van der Waals surface area contributed by atoms with Crippen molar-refractivity contribution in [2.75, 3.05) is 0 Å². The van der Waals surface area contributed by atoms with Crippen molar-refractivity contribution in [3.63, 3.8) is 0 Å². The monoisotopic (exact) mass is 212 g/mol. The zero-order valence-corrected chi connectivity index (χ0v) is 8.64. The highest BCUT2D eigenvalue weighted by Crippen LogP contribution is 2.33. The summed E-state index contributed by atoms with van der Waals surface area (Å²) in [6.07, 6.45) is 3.12. The average molecular weight is 212 g/mol. The Kier molecular flexibility index (Phi) is 2.41. The van der Waals surface area contributed by atoms with Crippen molar-refractivity contribution in [2.45, 2.75) is 6.42 Å². The van der Waals surface area contributed by atoms with Crippen LogP contribution < -0.4 is 0 Å².